The van der Waals surface area contributed by atoms with Crippen molar-refractivity contribution in [2.45, 2.75) is 25.5 Å². The van der Waals surface area contributed by atoms with Crippen molar-refractivity contribution in [3.05, 3.63) is 18.2 Å². The summed E-state index contributed by atoms with van der Waals surface area (Å²) < 4.78 is 1.77. The van der Waals surface area contributed by atoms with Gasteiger partial charge in [-0.1, -0.05) is 0 Å². The van der Waals surface area contributed by atoms with E-state index in [0.29, 0.717) is 31.2 Å². The molecule has 1 aromatic heterocycles. The second-order valence-corrected chi connectivity index (χ2v) is 4.40. The normalized spacial score (nSPS) is 16.8. The Labute approximate surface area is 99.8 Å². The van der Waals surface area contributed by atoms with Crippen LogP contribution in [0.4, 0.5) is 0 Å². The van der Waals surface area contributed by atoms with Gasteiger partial charge in [0.1, 0.15) is 5.69 Å². The van der Waals surface area contributed by atoms with Crippen LogP contribution in [-0.2, 0) is 6.54 Å². The van der Waals surface area contributed by atoms with Gasteiger partial charge in [-0.25, -0.2) is 4.98 Å². The standard InChI is InChI=1S/C11H18N4O2/c12-3-4-15-6-9(14-7-15)11(17)13-5-10(16)8-1-2-8/h6-8,10,16H,1-5,12H2,(H,13,17). The molecule has 0 spiro atoms. The number of nitrogens with two attached hydrogens (primary N) is 1. The minimum atomic E-state index is -0.426. The van der Waals surface area contributed by atoms with Crippen LogP contribution in [0.3, 0.4) is 0 Å². The molecule has 1 saturated carbocycles. The fourth-order valence-corrected chi connectivity index (χ4v) is 1.68. The first kappa shape index (κ1) is 12.1. The van der Waals surface area contributed by atoms with Gasteiger partial charge >= 0.3 is 0 Å². The molecule has 1 aromatic rings. The van der Waals surface area contributed by atoms with Gasteiger partial charge in [0.05, 0.1) is 12.4 Å². The maximum absolute atomic E-state index is 11.7. The summed E-state index contributed by atoms with van der Waals surface area (Å²) in [5.74, 6) is 0.116. The lowest BCUT2D eigenvalue weighted by Crippen LogP contribution is -2.33. The zero-order valence-electron chi connectivity index (χ0n) is 9.67. The van der Waals surface area contributed by atoms with Crippen LogP contribution in [0.1, 0.15) is 23.3 Å². The Morgan fingerprint density at radius 2 is 2.47 bits per heavy atom. The number of aromatic nitrogens is 2. The summed E-state index contributed by atoms with van der Waals surface area (Å²) in [6.45, 7) is 1.45. The van der Waals surface area contributed by atoms with Crippen molar-refractivity contribution in [2.24, 2.45) is 11.7 Å². The van der Waals surface area contributed by atoms with E-state index < -0.39 is 6.10 Å². The molecule has 0 radical (unpaired) electrons. The molecule has 0 aliphatic heterocycles. The van der Waals surface area contributed by atoms with Crippen LogP contribution in [0.2, 0.25) is 0 Å². The van der Waals surface area contributed by atoms with Crippen molar-refractivity contribution in [3.8, 4) is 0 Å². The number of aliphatic hydroxyl groups is 1. The number of carbonyl (C=O) groups excluding carboxylic acids is 1. The summed E-state index contributed by atoms with van der Waals surface area (Å²) in [7, 11) is 0. The average molecular weight is 238 g/mol. The third kappa shape index (κ3) is 3.28. The molecule has 0 aromatic carbocycles. The number of carbonyl (C=O) groups is 1. The highest BCUT2D eigenvalue weighted by molar-refractivity contribution is 5.92. The van der Waals surface area contributed by atoms with Crippen molar-refractivity contribution in [3.63, 3.8) is 0 Å². The van der Waals surface area contributed by atoms with E-state index in [4.69, 9.17) is 5.73 Å². The minimum Gasteiger partial charge on any atom is -0.391 e. The lowest BCUT2D eigenvalue weighted by atomic mass is 10.2. The summed E-state index contributed by atoms with van der Waals surface area (Å²) in [5.41, 5.74) is 5.76. The second-order valence-electron chi connectivity index (χ2n) is 4.40. The number of imidazole rings is 1. The van der Waals surface area contributed by atoms with E-state index in [0.717, 1.165) is 12.8 Å². The highest BCUT2D eigenvalue weighted by Crippen LogP contribution is 2.32. The van der Waals surface area contributed by atoms with Gasteiger partial charge in [-0.05, 0) is 18.8 Å². The maximum Gasteiger partial charge on any atom is 0.271 e. The molecule has 1 unspecified atom stereocenters. The molecule has 4 N–H and O–H groups in total. The Balaban J connectivity index is 1.81. The third-order valence-electron chi connectivity index (χ3n) is 2.89. The molecule has 1 amide bonds. The highest BCUT2D eigenvalue weighted by Gasteiger charge is 2.29. The Kier molecular flexibility index (Phi) is 3.75. The Morgan fingerprint density at radius 3 is 3.12 bits per heavy atom. The Bertz CT molecular complexity index is 387. The molecule has 1 aliphatic rings. The first-order valence-corrected chi connectivity index (χ1v) is 5.89. The molecular formula is C11H18N4O2. The lowest BCUT2D eigenvalue weighted by molar-refractivity contribution is 0.0896. The van der Waals surface area contributed by atoms with Crippen molar-refractivity contribution in [1.82, 2.24) is 14.9 Å². The van der Waals surface area contributed by atoms with Crippen LogP contribution in [0.15, 0.2) is 12.5 Å². The van der Waals surface area contributed by atoms with Gasteiger partial charge in [0, 0.05) is 25.8 Å². The van der Waals surface area contributed by atoms with Crippen LogP contribution >= 0.6 is 0 Å². The van der Waals surface area contributed by atoms with Crippen LogP contribution in [0.25, 0.3) is 0 Å². The maximum atomic E-state index is 11.7. The zero-order valence-corrected chi connectivity index (χ0v) is 9.67. The molecule has 0 saturated heterocycles. The number of hydrogen-bond donors (Lipinski definition) is 3. The van der Waals surface area contributed by atoms with Crippen molar-refractivity contribution in [2.75, 3.05) is 13.1 Å². The summed E-state index contributed by atoms with van der Waals surface area (Å²) in [6.07, 6.45) is 4.93. The molecule has 2 rings (SSSR count). The Hall–Kier alpha value is -1.40. The van der Waals surface area contributed by atoms with Gasteiger partial charge in [-0.15, -0.1) is 0 Å². The first-order chi connectivity index (χ1) is 8.20. The molecule has 6 nitrogen and oxygen atoms in total. The van der Waals surface area contributed by atoms with Gasteiger partial charge in [-0.2, -0.15) is 0 Å². The van der Waals surface area contributed by atoms with Crippen molar-refractivity contribution >= 4 is 5.91 Å². The predicted molar refractivity (Wildman–Crippen MR) is 62.3 cm³/mol. The van der Waals surface area contributed by atoms with E-state index in [1.165, 1.54) is 0 Å². The van der Waals surface area contributed by atoms with Gasteiger partial charge in [0.15, 0.2) is 0 Å². The van der Waals surface area contributed by atoms with E-state index >= 15 is 0 Å². The average Bonchev–Trinajstić information content (AvgIpc) is 3.07. The summed E-state index contributed by atoms with van der Waals surface area (Å²) in [4.78, 5) is 15.7. The number of nitrogens with zero attached hydrogens (tertiary/aromatic N) is 2. The predicted octanol–water partition coefficient (Wildman–Crippen LogP) is -0.658. The van der Waals surface area contributed by atoms with Crippen LogP contribution in [-0.4, -0.2) is 39.8 Å². The quantitative estimate of drug-likeness (QED) is 0.613. The van der Waals surface area contributed by atoms with E-state index in [1.54, 1.807) is 17.1 Å². The van der Waals surface area contributed by atoms with Gasteiger partial charge in [-0.3, -0.25) is 4.79 Å². The smallest absolute Gasteiger partial charge is 0.271 e. The molecule has 6 heteroatoms. The molecule has 1 atom stereocenters. The topological polar surface area (TPSA) is 93.2 Å². The van der Waals surface area contributed by atoms with E-state index in [2.05, 4.69) is 10.3 Å². The highest BCUT2D eigenvalue weighted by atomic mass is 16.3. The molecule has 0 bridgehead atoms. The van der Waals surface area contributed by atoms with E-state index in [1.807, 2.05) is 0 Å². The second kappa shape index (κ2) is 5.29. The molecule has 1 fully saturated rings. The third-order valence-corrected chi connectivity index (χ3v) is 2.89. The number of hydrogen-bond acceptors (Lipinski definition) is 4. The van der Waals surface area contributed by atoms with Crippen LogP contribution < -0.4 is 11.1 Å². The van der Waals surface area contributed by atoms with Gasteiger partial charge in [0.25, 0.3) is 5.91 Å². The molecule has 1 aliphatic carbocycles. The number of rotatable bonds is 6. The van der Waals surface area contributed by atoms with E-state index in [-0.39, 0.29) is 5.91 Å². The van der Waals surface area contributed by atoms with Gasteiger partial charge < -0.3 is 20.7 Å². The van der Waals surface area contributed by atoms with Crippen LogP contribution in [0.5, 0.6) is 0 Å². The monoisotopic (exact) mass is 238 g/mol. The molecule has 1 heterocycles. The van der Waals surface area contributed by atoms with Crippen LogP contribution in [0, 0.1) is 5.92 Å². The van der Waals surface area contributed by atoms with Crippen molar-refractivity contribution < 1.29 is 9.90 Å². The first-order valence-electron chi connectivity index (χ1n) is 5.89. The fourth-order valence-electron chi connectivity index (χ4n) is 1.68. The largest absolute Gasteiger partial charge is 0.391 e. The fraction of sp³-hybridized carbons (Fsp3) is 0.636. The molecule has 17 heavy (non-hydrogen) atoms. The zero-order chi connectivity index (χ0) is 12.3. The van der Waals surface area contributed by atoms with Crippen molar-refractivity contribution in [1.29, 1.82) is 0 Å². The lowest BCUT2D eigenvalue weighted by Gasteiger charge is -2.09. The van der Waals surface area contributed by atoms with E-state index in [9.17, 15) is 9.90 Å². The SMILES string of the molecule is NCCn1cnc(C(=O)NCC(O)C2CC2)c1. The summed E-state index contributed by atoms with van der Waals surface area (Å²) >= 11 is 0. The molecular weight excluding hydrogens is 220 g/mol. The summed E-state index contributed by atoms with van der Waals surface area (Å²) in [6, 6.07) is 0. The van der Waals surface area contributed by atoms with Gasteiger partial charge in [0.2, 0.25) is 0 Å². The number of aliphatic hydroxyl groups excluding tert-OH is 1. The Morgan fingerprint density at radius 1 is 1.71 bits per heavy atom. The number of amides is 1. The summed E-state index contributed by atoms with van der Waals surface area (Å²) in [5, 5.41) is 12.3. The minimum absolute atomic E-state index is 0.250. The molecule has 94 valence electrons. The number of nitrogens with one attached hydrogen (secondary N) is 1.